The fraction of sp³-hybridized carbons (Fsp3) is 0. The third-order valence-corrected chi connectivity index (χ3v) is 1.91. The minimum atomic E-state index is -1.55. The highest BCUT2D eigenvalue weighted by Crippen LogP contribution is 2.18. The molecular formula is C10H6ClFO3. The molecule has 0 unspecified atom stereocenters. The summed E-state index contributed by atoms with van der Waals surface area (Å²) in [6.45, 7) is 0. The molecule has 0 amide bonds. The average Bonchev–Trinajstić information content (AvgIpc) is 2.15. The van der Waals surface area contributed by atoms with Gasteiger partial charge in [-0.25, -0.2) is 9.18 Å². The minimum Gasteiger partial charge on any atom is -0.475 e. The van der Waals surface area contributed by atoms with Gasteiger partial charge in [0.25, 0.3) is 5.78 Å². The molecule has 78 valence electrons. The summed E-state index contributed by atoms with van der Waals surface area (Å²) in [7, 11) is 0. The summed E-state index contributed by atoms with van der Waals surface area (Å²) in [5.41, 5.74) is 0.382. The largest absolute Gasteiger partial charge is 0.475 e. The van der Waals surface area contributed by atoms with Crippen LogP contribution in [0.25, 0.3) is 6.08 Å². The normalized spacial score (nSPS) is 10.5. The van der Waals surface area contributed by atoms with Crippen LogP contribution < -0.4 is 0 Å². The van der Waals surface area contributed by atoms with Gasteiger partial charge < -0.3 is 5.11 Å². The zero-order chi connectivity index (χ0) is 11.4. The SMILES string of the molecule is O=C(O)C(=O)/C=C/c1ccc(F)cc1Cl. The highest BCUT2D eigenvalue weighted by atomic mass is 35.5. The second kappa shape index (κ2) is 4.70. The summed E-state index contributed by atoms with van der Waals surface area (Å²) in [6, 6.07) is 3.59. The molecule has 1 aromatic carbocycles. The van der Waals surface area contributed by atoms with Gasteiger partial charge in [0.2, 0.25) is 0 Å². The second-order valence-electron chi connectivity index (χ2n) is 2.67. The molecule has 3 nitrogen and oxygen atoms in total. The third kappa shape index (κ3) is 3.18. The highest BCUT2D eigenvalue weighted by molar-refractivity contribution is 6.38. The number of hydrogen-bond acceptors (Lipinski definition) is 2. The van der Waals surface area contributed by atoms with Crippen LogP contribution in [-0.4, -0.2) is 16.9 Å². The van der Waals surface area contributed by atoms with E-state index < -0.39 is 17.6 Å². The van der Waals surface area contributed by atoms with Crippen molar-refractivity contribution in [2.75, 3.05) is 0 Å². The lowest BCUT2D eigenvalue weighted by Gasteiger charge is -1.96. The van der Waals surface area contributed by atoms with Crippen molar-refractivity contribution in [1.82, 2.24) is 0 Å². The van der Waals surface area contributed by atoms with Gasteiger partial charge in [0.15, 0.2) is 0 Å². The van der Waals surface area contributed by atoms with Gasteiger partial charge in [0.1, 0.15) is 5.82 Å². The average molecular weight is 229 g/mol. The first kappa shape index (κ1) is 11.4. The van der Waals surface area contributed by atoms with Crippen LogP contribution in [0.2, 0.25) is 5.02 Å². The fourth-order valence-corrected chi connectivity index (χ4v) is 1.10. The molecule has 0 aliphatic rings. The fourth-order valence-electron chi connectivity index (χ4n) is 0.873. The van der Waals surface area contributed by atoms with E-state index in [4.69, 9.17) is 16.7 Å². The molecule has 0 saturated heterocycles. The first-order valence-electron chi connectivity index (χ1n) is 3.91. The molecule has 0 heterocycles. The molecule has 0 spiro atoms. The van der Waals surface area contributed by atoms with E-state index in [-0.39, 0.29) is 5.02 Å². The van der Waals surface area contributed by atoms with Crippen LogP contribution in [0.15, 0.2) is 24.3 Å². The Morgan fingerprint density at radius 3 is 2.60 bits per heavy atom. The van der Waals surface area contributed by atoms with Crippen LogP contribution in [0.1, 0.15) is 5.56 Å². The van der Waals surface area contributed by atoms with Crippen molar-refractivity contribution in [3.8, 4) is 0 Å². The summed E-state index contributed by atoms with van der Waals surface area (Å²) in [5.74, 6) is -3.11. The van der Waals surface area contributed by atoms with Gasteiger partial charge >= 0.3 is 5.97 Å². The summed E-state index contributed by atoms with van der Waals surface area (Å²) in [6.07, 6.45) is 2.08. The standard InChI is InChI=1S/C10H6ClFO3/c11-8-5-7(12)3-1-6(8)2-4-9(13)10(14)15/h1-5H,(H,14,15)/b4-2+. The number of rotatable bonds is 3. The molecular weight excluding hydrogens is 223 g/mol. The molecule has 1 N–H and O–H groups in total. The second-order valence-corrected chi connectivity index (χ2v) is 3.08. The van der Waals surface area contributed by atoms with Crippen molar-refractivity contribution in [2.24, 2.45) is 0 Å². The van der Waals surface area contributed by atoms with E-state index in [0.717, 1.165) is 18.2 Å². The Balaban J connectivity index is 2.90. The van der Waals surface area contributed by atoms with Crippen molar-refractivity contribution < 1.29 is 19.1 Å². The summed E-state index contributed by atoms with van der Waals surface area (Å²) in [5, 5.41) is 8.39. The minimum absolute atomic E-state index is 0.115. The van der Waals surface area contributed by atoms with Crippen molar-refractivity contribution in [3.05, 3.63) is 40.7 Å². The number of aliphatic carboxylic acids is 1. The van der Waals surface area contributed by atoms with Crippen LogP contribution in [0.4, 0.5) is 4.39 Å². The number of carbonyl (C=O) groups is 2. The Morgan fingerprint density at radius 2 is 2.07 bits per heavy atom. The van der Waals surface area contributed by atoms with Crippen LogP contribution >= 0.6 is 11.6 Å². The molecule has 0 aliphatic carbocycles. The predicted octanol–water partition coefficient (Wildman–Crippen LogP) is 2.15. The number of ketones is 1. The van der Waals surface area contributed by atoms with Crippen molar-refractivity contribution in [1.29, 1.82) is 0 Å². The van der Waals surface area contributed by atoms with Crippen LogP contribution in [-0.2, 0) is 9.59 Å². The zero-order valence-electron chi connectivity index (χ0n) is 7.41. The van der Waals surface area contributed by atoms with Gasteiger partial charge in [-0.05, 0) is 29.8 Å². The quantitative estimate of drug-likeness (QED) is 0.637. The first-order valence-corrected chi connectivity index (χ1v) is 4.29. The summed E-state index contributed by atoms with van der Waals surface area (Å²) >= 11 is 5.64. The Bertz CT molecular complexity index is 440. The molecule has 15 heavy (non-hydrogen) atoms. The van der Waals surface area contributed by atoms with Gasteiger partial charge in [0, 0.05) is 0 Å². The highest BCUT2D eigenvalue weighted by Gasteiger charge is 2.06. The van der Waals surface area contributed by atoms with Crippen molar-refractivity contribution in [2.45, 2.75) is 0 Å². The molecule has 1 rings (SSSR count). The van der Waals surface area contributed by atoms with E-state index in [1.165, 1.54) is 12.1 Å². The van der Waals surface area contributed by atoms with E-state index in [9.17, 15) is 14.0 Å². The molecule has 0 aliphatic heterocycles. The van der Waals surface area contributed by atoms with Gasteiger partial charge in [0.05, 0.1) is 5.02 Å². The number of carbonyl (C=O) groups excluding carboxylic acids is 1. The van der Waals surface area contributed by atoms with Crippen LogP contribution in [0, 0.1) is 5.82 Å². The Morgan fingerprint density at radius 1 is 1.40 bits per heavy atom. The molecule has 1 aromatic rings. The smallest absolute Gasteiger partial charge is 0.376 e. The van der Waals surface area contributed by atoms with Crippen LogP contribution in [0.3, 0.4) is 0 Å². The summed E-state index contributed by atoms with van der Waals surface area (Å²) < 4.78 is 12.6. The number of carboxylic acid groups (broad SMARTS) is 1. The lowest BCUT2D eigenvalue weighted by molar-refractivity contribution is -0.146. The number of hydrogen-bond donors (Lipinski definition) is 1. The van der Waals surface area contributed by atoms with E-state index in [0.29, 0.717) is 5.56 Å². The predicted molar refractivity (Wildman–Crippen MR) is 53.1 cm³/mol. The van der Waals surface area contributed by atoms with Gasteiger partial charge in [-0.15, -0.1) is 0 Å². The molecule has 5 heteroatoms. The van der Waals surface area contributed by atoms with Gasteiger partial charge in [-0.3, -0.25) is 4.79 Å². The molecule has 0 bridgehead atoms. The maximum absolute atomic E-state index is 12.6. The number of benzene rings is 1. The van der Waals surface area contributed by atoms with E-state index in [2.05, 4.69) is 0 Å². The van der Waals surface area contributed by atoms with Crippen molar-refractivity contribution >= 4 is 29.4 Å². The summed E-state index contributed by atoms with van der Waals surface area (Å²) in [4.78, 5) is 20.9. The van der Waals surface area contributed by atoms with Gasteiger partial charge in [-0.2, -0.15) is 0 Å². The van der Waals surface area contributed by atoms with E-state index in [1.54, 1.807) is 0 Å². The van der Waals surface area contributed by atoms with E-state index >= 15 is 0 Å². The van der Waals surface area contributed by atoms with Crippen LogP contribution in [0.5, 0.6) is 0 Å². The maximum Gasteiger partial charge on any atom is 0.376 e. The molecule has 0 radical (unpaired) electrons. The van der Waals surface area contributed by atoms with Gasteiger partial charge in [-0.1, -0.05) is 17.7 Å². The Hall–Kier alpha value is -1.68. The number of halogens is 2. The monoisotopic (exact) mass is 228 g/mol. The Kier molecular flexibility index (Phi) is 3.57. The third-order valence-electron chi connectivity index (χ3n) is 1.59. The lowest BCUT2D eigenvalue weighted by atomic mass is 10.2. The topological polar surface area (TPSA) is 54.4 Å². The zero-order valence-corrected chi connectivity index (χ0v) is 8.16. The van der Waals surface area contributed by atoms with E-state index in [1.807, 2.05) is 0 Å². The maximum atomic E-state index is 12.6. The number of carboxylic acids is 1. The molecule has 0 aromatic heterocycles. The van der Waals surface area contributed by atoms with Crippen molar-refractivity contribution in [3.63, 3.8) is 0 Å². The molecule has 0 saturated carbocycles. The lowest BCUT2D eigenvalue weighted by Crippen LogP contribution is -2.08. The first-order chi connectivity index (χ1) is 7.00. The molecule has 0 atom stereocenters. The Labute approximate surface area is 89.8 Å². The molecule has 0 fully saturated rings.